The Morgan fingerprint density at radius 1 is 1.17 bits per heavy atom. The Hall–Kier alpha value is -1.17. The number of likely N-dealkylation sites (N-methyl/N-ethyl adjacent to an activating group) is 1. The largest absolute Gasteiger partial charge is 0.356 e. The highest BCUT2D eigenvalue weighted by Crippen LogP contribution is 2.27. The zero-order chi connectivity index (χ0) is 20.5. The molecular formula is C21H32IN5OS2. The van der Waals surface area contributed by atoms with Gasteiger partial charge in [-0.3, -0.25) is 9.69 Å². The maximum absolute atomic E-state index is 12.0. The van der Waals surface area contributed by atoms with Crippen LogP contribution in [0.2, 0.25) is 0 Å². The fourth-order valence-corrected chi connectivity index (χ4v) is 4.93. The van der Waals surface area contributed by atoms with Gasteiger partial charge >= 0.3 is 0 Å². The first kappa shape index (κ1) is 25.1. The molecule has 0 bridgehead atoms. The zero-order valence-electron chi connectivity index (χ0n) is 17.7. The van der Waals surface area contributed by atoms with Crippen molar-refractivity contribution < 1.29 is 4.79 Å². The predicted molar refractivity (Wildman–Crippen MR) is 138 cm³/mol. The van der Waals surface area contributed by atoms with Crippen LogP contribution in [0, 0.1) is 0 Å². The van der Waals surface area contributed by atoms with Crippen molar-refractivity contribution in [2.75, 3.05) is 46.8 Å². The number of aliphatic imine (C=N–C) groups is 1. The molecule has 1 saturated heterocycles. The fourth-order valence-electron chi connectivity index (χ4n) is 3.36. The first-order chi connectivity index (χ1) is 14.1. The molecule has 0 aliphatic carbocycles. The molecule has 0 spiro atoms. The lowest BCUT2D eigenvalue weighted by molar-refractivity contribution is -0.127. The average molecular weight is 562 g/mol. The smallest absolute Gasteiger partial charge is 0.243 e. The molecule has 3 heterocycles. The van der Waals surface area contributed by atoms with Gasteiger partial charge in [-0.25, -0.2) is 4.99 Å². The molecule has 1 unspecified atom stereocenters. The summed E-state index contributed by atoms with van der Waals surface area (Å²) in [5, 5.41) is 11.1. The third-order valence-corrected chi connectivity index (χ3v) is 6.94. The van der Waals surface area contributed by atoms with Crippen LogP contribution in [0.1, 0.15) is 28.6 Å². The number of nitrogens with one attached hydrogen (secondary N) is 2. The molecule has 1 amide bonds. The number of hydrogen-bond acceptors (Lipinski definition) is 5. The number of carbonyl (C=O) groups excluding carboxylic acids is 1. The Morgan fingerprint density at radius 2 is 1.90 bits per heavy atom. The molecule has 0 radical (unpaired) electrons. The van der Waals surface area contributed by atoms with Crippen molar-refractivity contribution in [1.82, 2.24) is 20.4 Å². The van der Waals surface area contributed by atoms with Gasteiger partial charge in [0.2, 0.25) is 5.91 Å². The summed E-state index contributed by atoms with van der Waals surface area (Å²) in [6, 6.07) is 8.89. The molecule has 1 fully saturated rings. The standard InChI is InChI=1S/C21H31N5OS2.HI/c1-25(2)20(27)16-24-21(22-10-9-17-7-5-13-28-17)23-15-18(19-8-6-14-29-19)26-11-3-4-12-26;/h5-8,13-14,18H,3-4,9-12,15-16H2,1-2H3,(H2,22,23,24);1H. The zero-order valence-corrected chi connectivity index (χ0v) is 21.6. The monoisotopic (exact) mass is 561 g/mol. The van der Waals surface area contributed by atoms with E-state index in [0.717, 1.165) is 32.6 Å². The second kappa shape index (κ2) is 13.3. The Morgan fingerprint density at radius 3 is 2.53 bits per heavy atom. The summed E-state index contributed by atoms with van der Waals surface area (Å²) in [6.45, 7) is 4.00. The van der Waals surface area contributed by atoms with Gasteiger partial charge in [0.25, 0.3) is 0 Å². The number of halogens is 1. The van der Waals surface area contributed by atoms with Crippen LogP contribution < -0.4 is 10.6 Å². The normalized spacial score (nSPS) is 15.5. The van der Waals surface area contributed by atoms with Crippen LogP contribution >= 0.6 is 46.7 Å². The fraction of sp³-hybridized carbons (Fsp3) is 0.524. The first-order valence-corrected chi connectivity index (χ1v) is 11.9. The van der Waals surface area contributed by atoms with E-state index in [1.807, 2.05) is 0 Å². The summed E-state index contributed by atoms with van der Waals surface area (Å²) in [4.78, 5) is 23.4. The first-order valence-electron chi connectivity index (χ1n) is 10.2. The number of carbonyl (C=O) groups is 1. The number of guanidine groups is 1. The van der Waals surface area contributed by atoms with Gasteiger partial charge in [-0.1, -0.05) is 12.1 Å². The maximum Gasteiger partial charge on any atom is 0.243 e. The molecule has 1 aliphatic rings. The molecule has 2 aromatic rings. The summed E-state index contributed by atoms with van der Waals surface area (Å²) in [5.74, 6) is 0.705. The molecule has 1 atom stereocenters. The second-order valence-electron chi connectivity index (χ2n) is 7.36. The summed E-state index contributed by atoms with van der Waals surface area (Å²) in [7, 11) is 3.52. The average Bonchev–Trinajstić information content (AvgIpc) is 3.49. The van der Waals surface area contributed by atoms with E-state index in [0.29, 0.717) is 12.0 Å². The summed E-state index contributed by atoms with van der Waals surface area (Å²) < 4.78 is 0. The predicted octanol–water partition coefficient (Wildman–Crippen LogP) is 3.43. The van der Waals surface area contributed by atoms with Gasteiger partial charge in [0, 0.05) is 36.9 Å². The quantitative estimate of drug-likeness (QED) is 0.280. The van der Waals surface area contributed by atoms with Crippen LogP contribution in [0.3, 0.4) is 0 Å². The third kappa shape index (κ3) is 7.82. The summed E-state index contributed by atoms with van der Waals surface area (Å²) in [5.41, 5.74) is 0. The number of likely N-dealkylation sites (tertiary alicyclic amines) is 1. The van der Waals surface area contributed by atoms with Crippen molar-refractivity contribution in [3.8, 4) is 0 Å². The van der Waals surface area contributed by atoms with Crippen LogP contribution in [0.5, 0.6) is 0 Å². The van der Waals surface area contributed by atoms with Gasteiger partial charge in [0.1, 0.15) is 6.54 Å². The third-order valence-electron chi connectivity index (χ3n) is 5.03. The van der Waals surface area contributed by atoms with E-state index in [9.17, 15) is 4.79 Å². The van der Waals surface area contributed by atoms with Gasteiger partial charge in [-0.2, -0.15) is 0 Å². The maximum atomic E-state index is 12.0. The molecule has 2 aromatic heterocycles. The van der Waals surface area contributed by atoms with Gasteiger partial charge in [0.15, 0.2) is 5.96 Å². The van der Waals surface area contributed by atoms with Gasteiger partial charge < -0.3 is 15.5 Å². The Kier molecular flexibility index (Phi) is 11.1. The summed E-state index contributed by atoms with van der Waals surface area (Å²) in [6.07, 6.45) is 3.47. The molecule has 30 heavy (non-hydrogen) atoms. The lowest BCUT2D eigenvalue weighted by Crippen LogP contribution is -2.43. The van der Waals surface area contributed by atoms with Crippen molar-refractivity contribution in [2.45, 2.75) is 25.3 Å². The van der Waals surface area contributed by atoms with E-state index in [-0.39, 0.29) is 36.4 Å². The highest BCUT2D eigenvalue weighted by atomic mass is 127. The van der Waals surface area contributed by atoms with Gasteiger partial charge in [-0.15, -0.1) is 46.7 Å². The lowest BCUT2D eigenvalue weighted by Gasteiger charge is -2.27. The number of amides is 1. The minimum absolute atomic E-state index is 0. The molecule has 9 heteroatoms. The number of rotatable bonds is 9. The Labute approximate surface area is 204 Å². The van der Waals surface area contributed by atoms with E-state index in [4.69, 9.17) is 0 Å². The van der Waals surface area contributed by atoms with Crippen molar-refractivity contribution in [2.24, 2.45) is 4.99 Å². The van der Waals surface area contributed by atoms with Crippen molar-refractivity contribution in [1.29, 1.82) is 0 Å². The summed E-state index contributed by atoms with van der Waals surface area (Å²) >= 11 is 3.57. The minimum Gasteiger partial charge on any atom is -0.356 e. The Balaban J connectivity index is 0.00000320. The van der Waals surface area contributed by atoms with Crippen LogP contribution in [0.25, 0.3) is 0 Å². The molecule has 166 valence electrons. The SMILES string of the molecule is CN(C)C(=O)CN=C(NCCc1cccs1)NCC(c1cccs1)N1CCCC1.I. The number of thiophene rings is 2. The highest BCUT2D eigenvalue weighted by Gasteiger charge is 2.24. The van der Waals surface area contributed by atoms with Crippen molar-refractivity contribution in [3.63, 3.8) is 0 Å². The van der Waals surface area contributed by atoms with E-state index in [1.54, 1.807) is 41.7 Å². The molecular weight excluding hydrogens is 529 g/mol. The van der Waals surface area contributed by atoms with Crippen molar-refractivity contribution in [3.05, 3.63) is 44.8 Å². The van der Waals surface area contributed by atoms with Crippen molar-refractivity contribution >= 4 is 58.5 Å². The molecule has 3 rings (SSSR count). The topological polar surface area (TPSA) is 60.0 Å². The van der Waals surface area contributed by atoms with Crippen LogP contribution in [-0.4, -0.2) is 68.5 Å². The second-order valence-corrected chi connectivity index (χ2v) is 9.38. The van der Waals surface area contributed by atoms with Gasteiger partial charge in [0.05, 0.1) is 6.04 Å². The lowest BCUT2D eigenvalue weighted by atomic mass is 10.2. The molecule has 2 N–H and O–H groups in total. The van der Waals surface area contributed by atoms with Gasteiger partial charge in [-0.05, 0) is 55.2 Å². The van der Waals surface area contributed by atoms with E-state index < -0.39 is 0 Å². The molecule has 6 nitrogen and oxygen atoms in total. The number of hydrogen-bond donors (Lipinski definition) is 2. The van der Waals surface area contributed by atoms with Crippen LogP contribution in [0.4, 0.5) is 0 Å². The Bertz CT molecular complexity index is 758. The molecule has 0 saturated carbocycles. The van der Waals surface area contributed by atoms with E-state index >= 15 is 0 Å². The highest BCUT2D eigenvalue weighted by molar-refractivity contribution is 14.0. The number of nitrogens with zero attached hydrogens (tertiary/aromatic N) is 3. The van der Waals surface area contributed by atoms with E-state index in [2.05, 4.69) is 55.6 Å². The minimum atomic E-state index is -0.00120. The molecule has 1 aliphatic heterocycles. The van der Waals surface area contributed by atoms with E-state index in [1.165, 1.54) is 22.6 Å². The van der Waals surface area contributed by atoms with Crippen LogP contribution in [0.15, 0.2) is 40.0 Å². The van der Waals surface area contributed by atoms with Crippen LogP contribution in [-0.2, 0) is 11.2 Å². The molecule has 0 aromatic carbocycles.